The minimum absolute atomic E-state index is 0.0129. The van der Waals surface area contributed by atoms with Crippen molar-refractivity contribution in [1.29, 1.82) is 0 Å². The molecule has 0 amide bonds. The van der Waals surface area contributed by atoms with E-state index in [1.807, 2.05) is 19.2 Å². The van der Waals surface area contributed by atoms with E-state index in [-0.39, 0.29) is 5.56 Å². The number of benzene rings is 1. The fourth-order valence-corrected chi connectivity index (χ4v) is 3.29. The Morgan fingerprint density at radius 3 is 3.04 bits per heavy atom. The van der Waals surface area contributed by atoms with Crippen LogP contribution in [0.5, 0.6) is 0 Å². The van der Waals surface area contributed by atoms with Crippen molar-refractivity contribution in [3.8, 4) is 0 Å². The number of fused-ring (bicyclic) bond motifs is 2. The molecule has 1 N–H and O–H groups in total. The van der Waals surface area contributed by atoms with Gasteiger partial charge in [0, 0.05) is 36.8 Å². The summed E-state index contributed by atoms with van der Waals surface area (Å²) in [7, 11) is 0. The summed E-state index contributed by atoms with van der Waals surface area (Å²) in [6.45, 7) is 4.23. The van der Waals surface area contributed by atoms with Crippen molar-refractivity contribution >= 4 is 10.9 Å². The second-order valence-corrected chi connectivity index (χ2v) is 6.03. The lowest BCUT2D eigenvalue weighted by molar-refractivity contribution is 0.241. The second-order valence-electron chi connectivity index (χ2n) is 6.03. The average Bonchev–Trinajstić information content (AvgIpc) is 2.55. The summed E-state index contributed by atoms with van der Waals surface area (Å²) in [5.41, 5.74) is 4.02. The summed E-state index contributed by atoms with van der Waals surface area (Å²) in [6, 6.07) is 10.3. The van der Waals surface area contributed by atoms with Crippen molar-refractivity contribution in [1.82, 2.24) is 19.9 Å². The van der Waals surface area contributed by atoms with Crippen LogP contribution in [0.4, 0.5) is 0 Å². The summed E-state index contributed by atoms with van der Waals surface area (Å²) in [6.07, 6.45) is 2.58. The number of hydrogen-bond donors (Lipinski definition) is 1. The largest absolute Gasteiger partial charge is 0.311 e. The predicted octanol–water partition coefficient (Wildman–Crippen LogP) is 2.18. The van der Waals surface area contributed by atoms with Crippen LogP contribution in [-0.4, -0.2) is 26.4 Å². The highest BCUT2D eigenvalue weighted by atomic mass is 16.1. The number of nitrogens with one attached hydrogen (secondary N) is 1. The van der Waals surface area contributed by atoms with Crippen LogP contribution < -0.4 is 5.56 Å². The number of nitrogens with zero attached hydrogens (tertiary/aromatic N) is 3. The SMILES string of the molecule is Cc1nc2c(c(=O)[nH]1)CCN(Cc1cccc3cccnc13)C2. The van der Waals surface area contributed by atoms with Crippen LogP contribution >= 0.6 is 0 Å². The highest BCUT2D eigenvalue weighted by Crippen LogP contribution is 2.21. The maximum absolute atomic E-state index is 12.0. The molecule has 0 fully saturated rings. The van der Waals surface area contributed by atoms with Crippen molar-refractivity contribution in [2.24, 2.45) is 0 Å². The molecule has 4 rings (SSSR count). The summed E-state index contributed by atoms with van der Waals surface area (Å²) < 4.78 is 0. The summed E-state index contributed by atoms with van der Waals surface area (Å²) in [5.74, 6) is 0.683. The Bertz CT molecular complexity index is 926. The number of aromatic nitrogens is 3. The quantitative estimate of drug-likeness (QED) is 0.788. The molecule has 116 valence electrons. The zero-order valence-electron chi connectivity index (χ0n) is 13.0. The van der Waals surface area contributed by atoms with Crippen molar-refractivity contribution < 1.29 is 0 Å². The van der Waals surface area contributed by atoms with Crippen LogP contribution in [0.25, 0.3) is 10.9 Å². The number of pyridine rings is 1. The molecule has 5 heteroatoms. The molecular weight excluding hydrogens is 288 g/mol. The average molecular weight is 306 g/mol. The molecule has 3 heterocycles. The van der Waals surface area contributed by atoms with E-state index in [0.29, 0.717) is 12.4 Å². The van der Waals surface area contributed by atoms with Gasteiger partial charge in [-0.15, -0.1) is 0 Å². The first-order valence-corrected chi connectivity index (χ1v) is 7.84. The Balaban J connectivity index is 1.64. The van der Waals surface area contributed by atoms with E-state index in [9.17, 15) is 4.79 Å². The number of para-hydroxylation sites is 1. The fourth-order valence-electron chi connectivity index (χ4n) is 3.29. The van der Waals surface area contributed by atoms with Gasteiger partial charge < -0.3 is 4.98 Å². The van der Waals surface area contributed by atoms with Gasteiger partial charge in [-0.25, -0.2) is 4.98 Å². The van der Waals surface area contributed by atoms with Gasteiger partial charge in [0.2, 0.25) is 0 Å². The molecule has 0 saturated heterocycles. The lowest BCUT2D eigenvalue weighted by atomic mass is 10.0. The third-order valence-corrected chi connectivity index (χ3v) is 4.38. The first-order valence-electron chi connectivity index (χ1n) is 7.84. The smallest absolute Gasteiger partial charge is 0.254 e. The first kappa shape index (κ1) is 14.1. The minimum atomic E-state index is 0.0129. The number of aryl methyl sites for hydroxylation is 1. The highest BCUT2D eigenvalue weighted by Gasteiger charge is 2.21. The molecule has 0 bridgehead atoms. The van der Waals surface area contributed by atoms with Gasteiger partial charge in [0.05, 0.1) is 11.2 Å². The Hall–Kier alpha value is -2.53. The zero-order chi connectivity index (χ0) is 15.8. The maximum Gasteiger partial charge on any atom is 0.254 e. The molecule has 1 aliphatic heterocycles. The number of H-pyrrole nitrogens is 1. The normalized spacial score (nSPS) is 14.8. The Morgan fingerprint density at radius 2 is 2.13 bits per heavy atom. The molecule has 0 spiro atoms. The Labute approximate surface area is 134 Å². The van der Waals surface area contributed by atoms with Crippen LogP contribution in [-0.2, 0) is 19.5 Å². The minimum Gasteiger partial charge on any atom is -0.311 e. The maximum atomic E-state index is 12.0. The summed E-state index contributed by atoms with van der Waals surface area (Å²) >= 11 is 0. The second kappa shape index (κ2) is 5.59. The van der Waals surface area contributed by atoms with E-state index in [1.54, 1.807) is 0 Å². The fraction of sp³-hybridized carbons (Fsp3) is 0.278. The van der Waals surface area contributed by atoms with Crippen molar-refractivity contribution in [3.05, 3.63) is 69.5 Å². The Morgan fingerprint density at radius 1 is 1.26 bits per heavy atom. The van der Waals surface area contributed by atoms with E-state index in [1.165, 1.54) is 5.56 Å². The lowest BCUT2D eigenvalue weighted by Gasteiger charge is -2.27. The van der Waals surface area contributed by atoms with Gasteiger partial charge >= 0.3 is 0 Å². The molecule has 23 heavy (non-hydrogen) atoms. The van der Waals surface area contributed by atoms with Gasteiger partial charge in [-0.3, -0.25) is 14.7 Å². The topological polar surface area (TPSA) is 61.9 Å². The van der Waals surface area contributed by atoms with E-state index in [4.69, 9.17) is 0 Å². The lowest BCUT2D eigenvalue weighted by Crippen LogP contribution is -2.35. The molecular formula is C18H18N4O. The van der Waals surface area contributed by atoms with Gasteiger partial charge in [0.1, 0.15) is 5.82 Å². The van der Waals surface area contributed by atoms with Crippen LogP contribution in [0.15, 0.2) is 41.3 Å². The molecule has 0 radical (unpaired) electrons. The summed E-state index contributed by atoms with van der Waals surface area (Å²) in [5, 5.41) is 1.16. The van der Waals surface area contributed by atoms with Gasteiger partial charge in [-0.05, 0) is 25.0 Å². The first-order chi connectivity index (χ1) is 11.2. The molecule has 5 nitrogen and oxygen atoms in total. The van der Waals surface area contributed by atoms with Gasteiger partial charge in [-0.1, -0.05) is 24.3 Å². The van der Waals surface area contributed by atoms with E-state index >= 15 is 0 Å². The van der Waals surface area contributed by atoms with Crippen LogP contribution in [0.1, 0.15) is 22.6 Å². The van der Waals surface area contributed by atoms with Crippen molar-refractivity contribution in [3.63, 3.8) is 0 Å². The third-order valence-electron chi connectivity index (χ3n) is 4.38. The molecule has 3 aromatic rings. The van der Waals surface area contributed by atoms with Crippen LogP contribution in [0.2, 0.25) is 0 Å². The Kier molecular flexibility index (Phi) is 3.42. The predicted molar refractivity (Wildman–Crippen MR) is 89.2 cm³/mol. The molecule has 1 aliphatic rings. The zero-order valence-corrected chi connectivity index (χ0v) is 13.0. The molecule has 0 aliphatic carbocycles. The molecule has 1 aromatic carbocycles. The highest BCUT2D eigenvalue weighted by molar-refractivity contribution is 5.81. The third kappa shape index (κ3) is 2.64. The van der Waals surface area contributed by atoms with Crippen molar-refractivity contribution in [2.45, 2.75) is 26.4 Å². The van der Waals surface area contributed by atoms with Crippen LogP contribution in [0.3, 0.4) is 0 Å². The van der Waals surface area contributed by atoms with E-state index in [2.05, 4.69) is 44.1 Å². The number of rotatable bonds is 2. The van der Waals surface area contributed by atoms with Gasteiger partial charge in [-0.2, -0.15) is 0 Å². The monoisotopic (exact) mass is 306 g/mol. The van der Waals surface area contributed by atoms with Gasteiger partial charge in [0.15, 0.2) is 0 Å². The van der Waals surface area contributed by atoms with Crippen LogP contribution in [0, 0.1) is 6.92 Å². The van der Waals surface area contributed by atoms with E-state index in [0.717, 1.165) is 41.7 Å². The molecule has 2 aromatic heterocycles. The molecule has 0 atom stereocenters. The molecule has 0 unspecified atom stereocenters. The molecule has 0 saturated carbocycles. The van der Waals surface area contributed by atoms with Gasteiger partial charge in [0.25, 0.3) is 5.56 Å². The standard InChI is InChI=1S/C18H18N4O/c1-12-20-16-11-22(9-7-15(16)18(23)21-12)10-14-5-2-4-13-6-3-8-19-17(13)14/h2-6,8H,7,9-11H2,1H3,(H,20,21,23). The number of hydrogen-bond acceptors (Lipinski definition) is 4. The van der Waals surface area contributed by atoms with E-state index < -0.39 is 0 Å². The van der Waals surface area contributed by atoms with Crippen molar-refractivity contribution in [2.75, 3.05) is 6.54 Å². The number of aromatic amines is 1. The summed E-state index contributed by atoms with van der Waals surface area (Å²) in [4.78, 5) is 26.2.